The van der Waals surface area contributed by atoms with Crippen molar-refractivity contribution in [3.63, 3.8) is 0 Å². The van der Waals surface area contributed by atoms with Crippen molar-refractivity contribution in [1.82, 2.24) is 0 Å². The Hall–Kier alpha value is -1.14. The second-order valence-electron chi connectivity index (χ2n) is 10.9. The molecule has 2 aliphatic carbocycles. The molecule has 2 aliphatic heterocycles. The lowest BCUT2D eigenvalue weighted by molar-refractivity contribution is -0.216. The van der Waals surface area contributed by atoms with E-state index >= 15 is 0 Å². The zero-order valence-corrected chi connectivity index (χ0v) is 18.7. The van der Waals surface area contributed by atoms with Crippen molar-refractivity contribution in [2.75, 3.05) is 0 Å². The third kappa shape index (κ3) is 3.50. The van der Waals surface area contributed by atoms with Crippen LogP contribution >= 0.6 is 0 Å². The van der Waals surface area contributed by atoms with Gasteiger partial charge in [0.05, 0.1) is 12.0 Å². The number of esters is 2. The molecule has 4 aliphatic rings. The number of rotatable bonds is 3. The molecule has 29 heavy (non-hydrogen) atoms. The Morgan fingerprint density at radius 1 is 0.966 bits per heavy atom. The molecule has 2 saturated carbocycles. The molecule has 0 unspecified atom stereocenters. The van der Waals surface area contributed by atoms with Gasteiger partial charge in [-0.1, -0.05) is 27.2 Å². The van der Waals surface area contributed by atoms with Crippen molar-refractivity contribution in [2.24, 2.45) is 28.6 Å². The quantitative estimate of drug-likeness (QED) is 0.515. The van der Waals surface area contributed by atoms with E-state index in [1.807, 2.05) is 0 Å². The fourth-order valence-electron chi connectivity index (χ4n) is 7.33. The predicted octanol–water partition coefficient (Wildman–Crippen LogP) is 4.20. The van der Waals surface area contributed by atoms with Crippen molar-refractivity contribution < 1.29 is 28.5 Å². The number of carbonyl (C=O) groups excluding carboxylic acids is 2. The van der Waals surface area contributed by atoms with E-state index in [4.69, 9.17) is 18.9 Å². The molecule has 0 aromatic carbocycles. The third-order valence-electron chi connectivity index (χ3n) is 8.07. The standard InChI is InChI=1S/C23H36O6/c1-13-23(29-13)17(22(6)11-7-10-21(4,5)12-22)9-8-16-18(23)20(27-15(3)25)28-19(16)26-14(2)24/h13,16-20H,7-12H2,1-6H3/t13-,16+,17+,18-,19+,20-,22-,23-/m0/s1. The van der Waals surface area contributed by atoms with Crippen LogP contribution in [0.5, 0.6) is 0 Å². The molecule has 0 aromatic heterocycles. The Kier molecular flexibility index (Phi) is 5.05. The van der Waals surface area contributed by atoms with E-state index in [2.05, 4.69) is 27.7 Å². The first-order chi connectivity index (χ1) is 13.5. The SMILES string of the molecule is CC(=O)O[C@@H]1O[C@H](OC(C)=O)[C@@H]2[C@H]1CC[C@H]([C@@]1(C)CCCC(C)(C)C1)[C@]21O[C@H]1C. The Labute approximate surface area is 174 Å². The third-order valence-corrected chi connectivity index (χ3v) is 8.07. The highest BCUT2D eigenvalue weighted by Crippen LogP contribution is 2.67. The monoisotopic (exact) mass is 408 g/mol. The molecule has 2 saturated heterocycles. The van der Waals surface area contributed by atoms with E-state index in [-0.39, 0.29) is 40.9 Å². The molecular formula is C23H36O6. The van der Waals surface area contributed by atoms with Crippen molar-refractivity contribution in [3.8, 4) is 0 Å². The molecule has 0 aromatic rings. The number of ether oxygens (including phenoxy) is 4. The van der Waals surface area contributed by atoms with Crippen LogP contribution in [0.4, 0.5) is 0 Å². The van der Waals surface area contributed by atoms with Gasteiger partial charge >= 0.3 is 11.9 Å². The molecule has 2 heterocycles. The molecule has 6 heteroatoms. The summed E-state index contributed by atoms with van der Waals surface area (Å²) in [6, 6.07) is 0. The summed E-state index contributed by atoms with van der Waals surface area (Å²) in [6.45, 7) is 12.1. The van der Waals surface area contributed by atoms with Crippen LogP contribution in [0.25, 0.3) is 0 Å². The molecule has 0 N–H and O–H groups in total. The van der Waals surface area contributed by atoms with E-state index in [1.54, 1.807) is 0 Å². The topological polar surface area (TPSA) is 74.4 Å². The largest absolute Gasteiger partial charge is 0.435 e. The molecule has 8 atom stereocenters. The van der Waals surface area contributed by atoms with Gasteiger partial charge in [0.25, 0.3) is 0 Å². The highest BCUT2D eigenvalue weighted by atomic mass is 16.8. The van der Waals surface area contributed by atoms with Crippen LogP contribution in [0.3, 0.4) is 0 Å². The molecule has 4 fully saturated rings. The summed E-state index contributed by atoms with van der Waals surface area (Å²) >= 11 is 0. The normalized spacial score (nSPS) is 48.1. The van der Waals surface area contributed by atoms with Crippen LogP contribution in [0.2, 0.25) is 0 Å². The van der Waals surface area contributed by atoms with Gasteiger partial charge < -0.3 is 18.9 Å². The molecule has 0 amide bonds. The van der Waals surface area contributed by atoms with Gasteiger partial charge in [-0.25, -0.2) is 0 Å². The van der Waals surface area contributed by atoms with Crippen LogP contribution in [0, 0.1) is 28.6 Å². The minimum Gasteiger partial charge on any atom is -0.435 e. The van der Waals surface area contributed by atoms with Gasteiger partial charge in [0.1, 0.15) is 5.60 Å². The molecule has 164 valence electrons. The average Bonchev–Trinajstić information content (AvgIpc) is 3.07. The number of fused-ring (bicyclic) bond motifs is 2. The lowest BCUT2D eigenvalue weighted by Gasteiger charge is -2.53. The minimum atomic E-state index is -0.727. The van der Waals surface area contributed by atoms with E-state index in [9.17, 15) is 9.59 Å². The predicted molar refractivity (Wildman–Crippen MR) is 106 cm³/mol. The smallest absolute Gasteiger partial charge is 0.304 e. The summed E-state index contributed by atoms with van der Waals surface area (Å²) in [5, 5.41) is 0. The van der Waals surface area contributed by atoms with E-state index in [1.165, 1.54) is 39.5 Å². The molecule has 0 radical (unpaired) electrons. The van der Waals surface area contributed by atoms with Gasteiger partial charge in [0.15, 0.2) is 0 Å². The van der Waals surface area contributed by atoms with E-state index < -0.39 is 12.6 Å². The summed E-state index contributed by atoms with van der Waals surface area (Å²) in [6.07, 6.45) is 5.46. The second kappa shape index (κ2) is 6.94. The van der Waals surface area contributed by atoms with Crippen molar-refractivity contribution in [2.45, 2.75) is 104 Å². The first-order valence-corrected chi connectivity index (χ1v) is 11.2. The number of carbonyl (C=O) groups is 2. The van der Waals surface area contributed by atoms with Crippen molar-refractivity contribution >= 4 is 11.9 Å². The maximum absolute atomic E-state index is 11.8. The number of epoxide rings is 1. The first kappa shape index (κ1) is 21.1. The van der Waals surface area contributed by atoms with Crippen LogP contribution in [-0.2, 0) is 28.5 Å². The summed E-state index contributed by atoms with van der Waals surface area (Å²) < 4.78 is 23.5. The molecule has 0 bridgehead atoms. The number of hydrogen-bond acceptors (Lipinski definition) is 6. The zero-order valence-electron chi connectivity index (χ0n) is 18.7. The van der Waals surface area contributed by atoms with Gasteiger partial charge in [-0.3, -0.25) is 9.59 Å². The Morgan fingerprint density at radius 3 is 2.14 bits per heavy atom. The van der Waals surface area contributed by atoms with E-state index in [0.29, 0.717) is 11.3 Å². The fraction of sp³-hybridized carbons (Fsp3) is 0.913. The summed E-state index contributed by atoms with van der Waals surface area (Å²) in [5.74, 6) is -0.494. The van der Waals surface area contributed by atoms with Crippen LogP contribution in [-0.4, -0.2) is 36.2 Å². The lowest BCUT2D eigenvalue weighted by atomic mass is 9.51. The fourth-order valence-corrected chi connectivity index (χ4v) is 7.33. The second-order valence-corrected chi connectivity index (χ2v) is 10.9. The van der Waals surface area contributed by atoms with Gasteiger partial charge in [0, 0.05) is 19.8 Å². The molecule has 1 spiro atoms. The van der Waals surface area contributed by atoms with Gasteiger partial charge in [0.2, 0.25) is 12.6 Å². The van der Waals surface area contributed by atoms with E-state index in [0.717, 1.165) is 12.8 Å². The van der Waals surface area contributed by atoms with Crippen molar-refractivity contribution in [1.29, 1.82) is 0 Å². The molecular weight excluding hydrogens is 372 g/mol. The Morgan fingerprint density at radius 2 is 1.59 bits per heavy atom. The summed E-state index contributed by atoms with van der Waals surface area (Å²) in [7, 11) is 0. The van der Waals surface area contributed by atoms with Crippen LogP contribution in [0.1, 0.15) is 80.1 Å². The summed E-state index contributed by atoms with van der Waals surface area (Å²) in [4.78, 5) is 23.4. The van der Waals surface area contributed by atoms with Crippen LogP contribution < -0.4 is 0 Å². The van der Waals surface area contributed by atoms with Crippen molar-refractivity contribution in [3.05, 3.63) is 0 Å². The lowest BCUT2D eigenvalue weighted by Crippen LogP contribution is -2.54. The highest BCUT2D eigenvalue weighted by molar-refractivity contribution is 5.66. The van der Waals surface area contributed by atoms with Gasteiger partial charge in [-0.15, -0.1) is 0 Å². The highest BCUT2D eigenvalue weighted by Gasteiger charge is 2.75. The van der Waals surface area contributed by atoms with Gasteiger partial charge in [-0.05, 0) is 55.8 Å². The zero-order chi connectivity index (χ0) is 21.2. The number of hydrogen-bond donors (Lipinski definition) is 0. The first-order valence-electron chi connectivity index (χ1n) is 11.2. The Balaban J connectivity index is 1.67. The maximum Gasteiger partial charge on any atom is 0.304 e. The minimum absolute atomic E-state index is 0.00958. The van der Waals surface area contributed by atoms with Gasteiger partial charge in [-0.2, -0.15) is 0 Å². The average molecular weight is 409 g/mol. The Bertz CT molecular complexity index is 689. The molecule has 4 rings (SSSR count). The van der Waals surface area contributed by atoms with Crippen LogP contribution in [0.15, 0.2) is 0 Å². The summed E-state index contributed by atoms with van der Waals surface area (Å²) in [5.41, 5.74) is 0.128. The molecule has 6 nitrogen and oxygen atoms in total. The maximum atomic E-state index is 11.8.